The molecule has 3 aromatic rings. The predicted molar refractivity (Wildman–Crippen MR) is 132 cm³/mol. The van der Waals surface area contributed by atoms with Crippen molar-refractivity contribution < 1.29 is 37.2 Å². The lowest BCUT2D eigenvalue weighted by molar-refractivity contribution is -0.292. The molecule has 0 aliphatic carbocycles. The van der Waals surface area contributed by atoms with Crippen molar-refractivity contribution in [2.45, 2.75) is 30.6 Å². The van der Waals surface area contributed by atoms with Crippen molar-refractivity contribution in [3.63, 3.8) is 0 Å². The quantitative estimate of drug-likeness (QED) is 0.216. The first-order valence-electron chi connectivity index (χ1n) is 12.0. The van der Waals surface area contributed by atoms with Gasteiger partial charge in [0, 0.05) is 32.3 Å². The molecule has 2 aromatic carbocycles. The van der Waals surface area contributed by atoms with E-state index in [1.165, 1.54) is 24.3 Å². The first-order valence-corrected chi connectivity index (χ1v) is 12.0. The average molecular weight is 546 g/mol. The molecule has 1 N–H and O–H groups in total. The SMILES string of the molecule is CO[C@H]1/C(=C(O)\N=C\N(C)C)O[C@@H]2COC(c3ccccc3)O[C@@H]2[C@@H]1n1cc(-c2cc(F)c(F)c(F)c2)nn1. The molecule has 1 aromatic heterocycles. The van der Waals surface area contributed by atoms with E-state index in [1.54, 1.807) is 19.0 Å². The van der Waals surface area contributed by atoms with E-state index >= 15 is 0 Å². The maximum atomic E-state index is 13.9. The first kappa shape index (κ1) is 26.7. The second-order valence-corrected chi connectivity index (χ2v) is 9.21. The van der Waals surface area contributed by atoms with E-state index in [1.807, 2.05) is 30.3 Å². The highest BCUT2D eigenvalue weighted by molar-refractivity contribution is 5.58. The van der Waals surface area contributed by atoms with Gasteiger partial charge in [-0.2, -0.15) is 0 Å². The van der Waals surface area contributed by atoms with Gasteiger partial charge in [-0.3, -0.25) is 0 Å². The summed E-state index contributed by atoms with van der Waals surface area (Å²) in [5.74, 6) is -4.69. The fourth-order valence-electron chi connectivity index (χ4n) is 4.50. The molecule has 1 unspecified atom stereocenters. The molecule has 0 amide bonds. The van der Waals surface area contributed by atoms with Crippen molar-refractivity contribution in [1.82, 2.24) is 19.9 Å². The number of nitrogens with zero attached hydrogens (tertiary/aromatic N) is 5. The third kappa shape index (κ3) is 5.33. The Hall–Kier alpha value is -3.94. The van der Waals surface area contributed by atoms with Crippen molar-refractivity contribution in [2.75, 3.05) is 27.8 Å². The minimum Gasteiger partial charge on any atom is -0.491 e. The molecule has 2 aliphatic heterocycles. The van der Waals surface area contributed by atoms with Crippen LogP contribution in [0, 0.1) is 17.5 Å². The van der Waals surface area contributed by atoms with Gasteiger partial charge in [0.15, 0.2) is 35.6 Å². The van der Waals surface area contributed by atoms with Crippen molar-refractivity contribution >= 4 is 6.34 Å². The molecule has 0 spiro atoms. The van der Waals surface area contributed by atoms with Crippen LogP contribution in [-0.2, 0) is 18.9 Å². The van der Waals surface area contributed by atoms with Gasteiger partial charge in [-0.15, -0.1) is 5.10 Å². The largest absolute Gasteiger partial charge is 0.491 e. The summed E-state index contributed by atoms with van der Waals surface area (Å²) in [6, 6.07) is 10.2. The van der Waals surface area contributed by atoms with Gasteiger partial charge in [0.2, 0.25) is 0 Å². The number of aromatic nitrogens is 3. The van der Waals surface area contributed by atoms with Crippen molar-refractivity contribution in [2.24, 2.45) is 4.99 Å². The number of benzene rings is 2. The fourth-order valence-corrected chi connectivity index (χ4v) is 4.50. The molecule has 13 heteroatoms. The summed E-state index contributed by atoms with van der Waals surface area (Å²) in [6.45, 7) is 0.0985. The molecule has 2 fully saturated rings. The molecule has 5 atom stereocenters. The van der Waals surface area contributed by atoms with Gasteiger partial charge >= 0.3 is 0 Å². The number of ether oxygens (including phenoxy) is 4. The Bertz CT molecular complexity index is 1360. The molecule has 0 radical (unpaired) electrons. The predicted octanol–water partition coefficient (Wildman–Crippen LogP) is 3.75. The molecular formula is C26H26F3N5O5. The molecule has 3 heterocycles. The molecule has 39 heavy (non-hydrogen) atoms. The number of hydrogen-bond acceptors (Lipinski definition) is 8. The monoisotopic (exact) mass is 545 g/mol. The van der Waals surface area contributed by atoms with Gasteiger partial charge in [-0.1, -0.05) is 35.5 Å². The van der Waals surface area contributed by atoms with Crippen LogP contribution in [0.15, 0.2) is 65.3 Å². The van der Waals surface area contributed by atoms with E-state index in [-0.39, 0.29) is 23.6 Å². The standard InChI is InChI=1S/C26H26F3N5O5/c1-33(2)13-30-25(35)24-23(36-3)21(22-19(38-24)12-37-26(39-22)14-7-5-4-6-8-14)34-11-18(31-32-34)15-9-16(27)20(29)17(28)10-15/h4-11,13,19,21-23,26,35H,12H2,1-3H3/b25-24-,30-13+/t19-,21+,22+,23-,26?/m1/s1. The highest BCUT2D eigenvalue weighted by Gasteiger charge is 2.51. The number of hydrogen-bond donors (Lipinski definition) is 1. The Morgan fingerprint density at radius 1 is 1.18 bits per heavy atom. The number of rotatable bonds is 6. The van der Waals surface area contributed by atoms with Gasteiger partial charge in [0.25, 0.3) is 5.88 Å². The van der Waals surface area contributed by atoms with E-state index < -0.39 is 54.0 Å². The summed E-state index contributed by atoms with van der Waals surface area (Å²) >= 11 is 0. The van der Waals surface area contributed by atoms with Crippen LogP contribution < -0.4 is 0 Å². The first-order chi connectivity index (χ1) is 18.8. The summed E-state index contributed by atoms with van der Waals surface area (Å²) in [5.41, 5.74) is 0.845. The second-order valence-electron chi connectivity index (χ2n) is 9.21. The zero-order valence-electron chi connectivity index (χ0n) is 21.2. The number of halogens is 3. The molecule has 2 saturated heterocycles. The Labute approximate surface area is 221 Å². The minimum atomic E-state index is -1.58. The summed E-state index contributed by atoms with van der Waals surface area (Å²) in [5, 5.41) is 19.0. The summed E-state index contributed by atoms with van der Waals surface area (Å²) in [6.07, 6.45) is -0.300. The van der Waals surface area contributed by atoms with Crippen LogP contribution in [0.5, 0.6) is 0 Å². The number of fused-ring (bicyclic) bond motifs is 1. The van der Waals surface area contributed by atoms with Crippen LogP contribution in [0.4, 0.5) is 13.2 Å². The third-order valence-electron chi connectivity index (χ3n) is 6.29. The van der Waals surface area contributed by atoms with Gasteiger partial charge in [0.05, 0.1) is 19.1 Å². The minimum absolute atomic E-state index is 0.0144. The van der Waals surface area contributed by atoms with E-state index in [0.717, 1.165) is 17.7 Å². The molecule has 0 saturated carbocycles. The lowest BCUT2D eigenvalue weighted by Crippen LogP contribution is -2.55. The lowest BCUT2D eigenvalue weighted by atomic mass is 9.94. The normalized spacial score (nSPS) is 26.3. The smallest absolute Gasteiger partial charge is 0.254 e. The highest BCUT2D eigenvalue weighted by atomic mass is 19.2. The highest BCUT2D eigenvalue weighted by Crippen LogP contribution is 2.42. The van der Waals surface area contributed by atoms with Gasteiger partial charge in [0.1, 0.15) is 23.9 Å². The molecular weight excluding hydrogens is 519 g/mol. The molecule has 206 valence electrons. The van der Waals surface area contributed by atoms with Crippen LogP contribution in [0.25, 0.3) is 11.3 Å². The maximum Gasteiger partial charge on any atom is 0.254 e. The van der Waals surface area contributed by atoms with Crippen molar-refractivity contribution in [3.05, 3.63) is 83.3 Å². The average Bonchev–Trinajstić information content (AvgIpc) is 3.43. The van der Waals surface area contributed by atoms with Crippen LogP contribution >= 0.6 is 0 Å². The van der Waals surface area contributed by atoms with Gasteiger partial charge in [-0.25, -0.2) is 22.8 Å². The summed E-state index contributed by atoms with van der Waals surface area (Å²) < 4.78 is 66.8. The summed E-state index contributed by atoms with van der Waals surface area (Å²) in [4.78, 5) is 5.67. The van der Waals surface area contributed by atoms with Crippen LogP contribution in [0.1, 0.15) is 17.9 Å². The van der Waals surface area contributed by atoms with Gasteiger partial charge in [-0.05, 0) is 12.1 Å². The number of aliphatic hydroxyl groups excluding tert-OH is 1. The summed E-state index contributed by atoms with van der Waals surface area (Å²) in [7, 11) is 4.89. The van der Waals surface area contributed by atoms with Crippen LogP contribution in [0.2, 0.25) is 0 Å². The third-order valence-corrected chi connectivity index (χ3v) is 6.29. The fraction of sp³-hybridized carbons (Fsp3) is 0.346. The Morgan fingerprint density at radius 2 is 1.90 bits per heavy atom. The molecule has 5 rings (SSSR count). The zero-order valence-corrected chi connectivity index (χ0v) is 21.2. The Balaban J connectivity index is 1.56. The molecule has 2 aliphatic rings. The topological polar surface area (TPSA) is 103 Å². The number of aliphatic hydroxyl groups is 1. The van der Waals surface area contributed by atoms with E-state index in [4.69, 9.17) is 18.9 Å². The van der Waals surface area contributed by atoms with Crippen LogP contribution in [0.3, 0.4) is 0 Å². The van der Waals surface area contributed by atoms with Gasteiger partial charge < -0.3 is 29.0 Å². The number of methoxy groups -OCH3 is 1. The Morgan fingerprint density at radius 3 is 2.56 bits per heavy atom. The van der Waals surface area contributed by atoms with E-state index in [9.17, 15) is 18.3 Å². The van der Waals surface area contributed by atoms with Crippen LogP contribution in [-0.4, -0.2) is 77.5 Å². The van der Waals surface area contributed by atoms with E-state index in [2.05, 4.69) is 15.3 Å². The van der Waals surface area contributed by atoms with Crippen molar-refractivity contribution in [3.8, 4) is 11.3 Å². The molecule has 0 bridgehead atoms. The number of aliphatic imine (C=N–C) groups is 1. The maximum absolute atomic E-state index is 13.9. The second kappa shape index (κ2) is 11.0. The lowest BCUT2D eigenvalue weighted by Gasteiger charge is -2.46. The Kier molecular flexibility index (Phi) is 7.55. The van der Waals surface area contributed by atoms with E-state index in [0.29, 0.717) is 0 Å². The zero-order chi connectivity index (χ0) is 27.7. The molecule has 10 nitrogen and oxygen atoms in total. The van der Waals surface area contributed by atoms with Crippen molar-refractivity contribution in [1.29, 1.82) is 0 Å².